The summed E-state index contributed by atoms with van der Waals surface area (Å²) in [5.41, 5.74) is 0. The van der Waals surface area contributed by atoms with E-state index < -0.39 is 12.9 Å². The number of carboxylic acids is 1. The fourth-order valence-electron chi connectivity index (χ4n) is 0.600. The maximum atomic E-state index is 10.3. The average Bonchev–Trinajstić information content (AvgIpc) is 2.31. The van der Waals surface area contributed by atoms with Crippen molar-refractivity contribution in [3.05, 3.63) is 18.2 Å². The first-order chi connectivity index (χ1) is 5.91. The largest absolute Gasteiger partial charge is 0.481 e. The van der Waals surface area contributed by atoms with E-state index in [2.05, 4.69) is 4.98 Å². The fraction of sp³-hybridized carbons (Fsp3) is 0.333. The number of rotatable bonds is 2. The van der Waals surface area contributed by atoms with E-state index in [1.54, 1.807) is 0 Å². The molecule has 5 heteroatoms. The third kappa shape index (κ3) is 2.59. The normalized spacial score (nSPS) is 14.0. The summed E-state index contributed by atoms with van der Waals surface area (Å²) in [6, 6.07) is 0. The molecule has 0 spiro atoms. The van der Waals surface area contributed by atoms with E-state index in [4.69, 9.17) is 9.22 Å². The lowest BCUT2D eigenvalue weighted by Gasteiger charge is -1.94. The van der Waals surface area contributed by atoms with E-state index in [1.807, 2.05) is 0 Å². The minimum Gasteiger partial charge on any atom is -0.481 e. The number of aryl methyl sites for hydroxylation is 1. The van der Waals surface area contributed by atoms with Gasteiger partial charge in [0.1, 0.15) is 12.2 Å². The molecule has 1 N–H and O–H groups in total. The van der Waals surface area contributed by atoms with Crippen molar-refractivity contribution in [2.24, 2.45) is 6.98 Å². The lowest BCUT2D eigenvalue weighted by Crippen LogP contribution is -2.05. The van der Waals surface area contributed by atoms with Crippen LogP contribution in [0.3, 0.4) is 0 Å². The number of aliphatic carboxylic acids is 1. The summed E-state index contributed by atoms with van der Waals surface area (Å²) < 4.78 is 22.0. The van der Waals surface area contributed by atoms with Crippen LogP contribution in [0, 0.1) is 0 Å². The summed E-state index contributed by atoms with van der Waals surface area (Å²) >= 11 is 0. The first kappa shape index (κ1) is 5.60. The topological polar surface area (TPSA) is 55.1 Å². The molecule has 4 nitrogen and oxygen atoms in total. The van der Waals surface area contributed by atoms with E-state index in [0.717, 1.165) is 4.57 Å². The van der Waals surface area contributed by atoms with Gasteiger partial charge in [0, 0.05) is 23.5 Å². The van der Waals surface area contributed by atoms with Crippen LogP contribution in [0.15, 0.2) is 12.4 Å². The molecule has 0 radical (unpaired) electrons. The zero-order valence-corrected chi connectivity index (χ0v) is 6.34. The minimum absolute atomic E-state index is 0. The standard InChI is InChI=1S/C6H8N2O2.ClH/c1-8-3-2-7-5(8)4-6(9)10;/h2-3H,4H2,1H3,(H,9,10);1H/i1D3;. The van der Waals surface area contributed by atoms with Crippen LogP contribution in [0.25, 0.3) is 0 Å². The van der Waals surface area contributed by atoms with Gasteiger partial charge in [-0.2, -0.15) is 0 Å². The van der Waals surface area contributed by atoms with Gasteiger partial charge >= 0.3 is 5.97 Å². The number of aromatic nitrogens is 2. The molecule has 11 heavy (non-hydrogen) atoms. The molecule has 1 aromatic rings. The Bertz CT molecular complexity index is 323. The van der Waals surface area contributed by atoms with Crippen molar-refractivity contribution in [3.8, 4) is 0 Å². The lowest BCUT2D eigenvalue weighted by molar-refractivity contribution is -0.136. The second-order valence-electron chi connectivity index (χ2n) is 1.78. The van der Waals surface area contributed by atoms with Gasteiger partial charge in [0.05, 0.1) is 0 Å². The first-order valence-electron chi connectivity index (χ1n) is 4.16. The molecular weight excluding hydrogens is 168 g/mol. The van der Waals surface area contributed by atoms with Gasteiger partial charge < -0.3 is 9.67 Å². The van der Waals surface area contributed by atoms with E-state index in [-0.39, 0.29) is 24.7 Å². The third-order valence-corrected chi connectivity index (χ3v) is 1.03. The summed E-state index contributed by atoms with van der Waals surface area (Å²) in [5, 5.41) is 8.44. The van der Waals surface area contributed by atoms with E-state index in [0.29, 0.717) is 0 Å². The number of nitrogens with zero attached hydrogens (tertiary/aromatic N) is 2. The van der Waals surface area contributed by atoms with Crippen molar-refractivity contribution in [2.75, 3.05) is 0 Å². The zero-order chi connectivity index (χ0) is 10.1. The fourth-order valence-corrected chi connectivity index (χ4v) is 0.600. The van der Waals surface area contributed by atoms with Crippen LogP contribution in [-0.4, -0.2) is 20.6 Å². The van der Waals surface area contributed by atoms with Crippen molar-refractivity contribution in [1.29, 1.82) is 0 Å². The van der Waals surface area contributed by atoms with Crippen LogP contribution in [0.1, 0.15) is 9.94 Å². The van der Waals surface area contributed by atoms with E-state index in [9.17, 15) is 4.79 Å². The van der Waals surface area contributed by atoms with Crippen LogP contribution in [0.4, 0.5) is 0 Å². The summed E-state index contributed by atoms with van der Waals surface area (Å²) in [6.07, 6.45) is 2.13. The predicted molar refractivity (Wildman–Crippen MR) is 41.8 cm³/mol. The highest BCUT2D eigenvalue weighted by Gasteiger charge is 2.03. The number of hydrogen-bond acceptors (Lipinski definition) is 2. The van der Waals surface area contributed by atoms with E-state index in [1.165, 1.54) is 12.4 Å². The zero-order valence-electron chi connectivity index (χ0n) is 8.52. The molecule has 0 aliphatic heterocycles. The molecule has 0 amide bonds. The third-order valence-electron chi connectivity index (χ3n) is 1.03. The molecule has 0 aromatic carbocycles. The molecule has 0 fully saturated rings. The van der Waals surface area contributed by atoms with Crippen LogP contribution in [0.5, 0.6) is 0 Å². The van der Waals surface area contributed by atoms with Gasteiger partial charge in [-0.15, -0.1) is 12.4 Å². The van der Waals surface area contributed by atoms with Gasteiger partial charge in [0.2, 0.25) is 0 Å². The van der Waals surface area contributed by atoms with Gasteiger partial charge in [0.25, 0.3) is 0 Å². The maximum absolute atomic E-state index is 10.3. The Morgan fingerprint density at radius 2 is 2.73 bits per heavy atom. The Morgan fingerprint density at radius 1 is 2.00 bits per heavy atom. The Kier molecular flexibility index (Phi) is 2.02. The number of carbonyl (C=O) groups is 1. The quantitative estimate of drug-likeness (QED) is 0.718. The van der Waals surface area contributed by atoms with Gasteiger partial charge in [-0.25, -0.2) is 4.98 Å². The monoisotopic (exact) mass is 179 g/mol. The van der Waals surface area contributed by atoms with Crippen molar-refractivity contribution >= 4 is 18.4 Å². The molecular formula is C6H9ClN2O2. The molecule has 1 aromatic heterocycles. The summed E-state index contributed by atoms with van der Waals surface area (Å²) in [6.45, 7) is -2.36. The SMILES string of the molecule is Cl.[2H]C([2H])([2H])n1ccnc1CC(=O)O. The number of halogens is 1. The molecule has 0 aliphatic rings. The number of carboxylic acid groups (broad SMARTS) is 1. The summed E-state index contributed by atoms with van der Waals surface area (Å²) in [4.78, 5) is 14.0. The van der Waals surface area contributed by atoms with Gasteiger partial charge in [-0.3, -0.25) is 4.79 Å². The highest BCUT2D eigenvalue weighted by atomic mass is 35.5. The van der Waals surface area contributed by atoms with Crippen LogP contribution in [-0.2, 0) is 18.2 Å². The van der Waals surface area contributed by atoms with Crippen molar-refractivity contribution in [2.45, 2.75) is 6.42 Å². The molecule has 1 rings (SSSR count). The Hall–Kier alpha value is -1.03. The highest BCUT2D eigenvalue weighted by Crippen LogP contribution is 1.94. The van der Waals surface area contributed by atoms with Gasteiger partial charge in [-0.1, -0.05) is 0 Å². The Labute approximate surface area is 74.5 Å². The lowest BCUT2D eigenvalue weighted by atomic mass is 10.4. The van der Waals surface area contributed by atoms with Crippen LogP contribution >= 0.6 is 12.4 Å². The van der Waals surface area contributed by atoms with Gasteiger partial charge in [-0.05, 0) is 0 Å². The molecule has 0 saturated heterocycles. The molecule has 0 saturated carbocycles. The Balaban J connectivity index is 0.00000169. The molecule has 0 aliphatic carbocycles. The molecule has 0 atom stereocenters. The predicted octanol–water partition coefficient (Wildman–Crippen LogP) is 0.469. The molecule has 62 valence electrons. The summed E-state index contributed by atoms with van der Waals surface area (Å²) in [5.74, 6) is -1.07. The second kappa shape index (κ2) is 3.98. The van der Waals surface area contributed by atoms with Crippen LogP contribution < -0.4 is 0 Å². The Morgan fingerprint density at radius 3 is 3.27 bits per heavy atom. The van der Waals surface area contributed by atoms with Crippen molar-refractivity contribution in [1.82, 2.24) is 9.55 Å². The molecule has 0 unspecified atom stereocenters. The van der Waals surface area contributed by atoms with Crippen LogP contribution in [0.2, 0.25) is 0 Å². The maximum Gasteiger partial charge on any atom is 0.311 e. The first-order valence-corrected chi connectivity index (χ1v) is 2.66. The second-order valence-corrected chi connectivity index (χ2v) is 1.78. The highest BCUT2D eigenvalue weighted by molar-refractivity contribution is 5.85. The summed E-state index contributed by atoms with van der Waals surface area (Å²) in [7, 11) is 0. The smallest absolute Gasteiger partial charge is 0.311 e. The van der Waals surface area contributed by atoms with Gasteiger partial charge in [0.15, 0.2) is 0 Å². The van der Waals surface area contributed by atoms with E-state index >= 15 is 0 Å². The average molecular weight is 180 g/mol. The van der Waals surface area contributed by atoms with Crippen molar-refractivity contribution in [3.63, 3.8) is 0 Å². The minimum atomic E-state index is -2.36. The van der Waals surface area contributed by atoms with Crippen molar-refractivity contribution < 1.29 is 14.0 Å². The number of hydrogen-bond donors (Lipinski definition) is 1. The molecule has 1 heterocycles. The molecule has 0 bridgehead atoms. The number of imidazole rings is 1.